The number of rotatable bonds is 7. The highest BCUT2D eigenvalue weighted by molar-refractivity contribution is 6.03. The molecule has 0 aliphatic carbocycles. The van der Waals surface area contributed by atoms with Crippen LogP contribution in [-0.2, 0) is 9.47 Å². The number of Topliss-reactive ketones (excluding diaryl/α,β-unsaturated/α-hetero) is 1. The van der Waals surface area contributed by atoms with Crippen molar-refractivity contribution in [2.24, 2.45) is 0 Å². The van der Waals surface area contributed by atoms with Gasteiger partial charge >= 0.3 is 11.9 Å². The maximum Gasteiger partial charge on any atom is 0.339 e. The quantitative estimate of drug-likeness (QED) is 0.591. The summed E-state index contributed by atoms with van der Waals surface area (Å²) in [6.45, 7) is 6.98. The van der Waals surface area contributed by atoms with Crippen LogP contribution in [0, 0.1) is 13.8 Å². The van der Waals surface area contributed by atoms with Crippen LogP contribution in [0.1, 0.15) is 56.3 Å². The van der Waals surface area contributed by atoms with Crippen molar-refractivity contribution in [3.63, 3.8) is 0 Å². The Balaban J connectivity index is 2.21. The van der Waals surface area contributed by atoms with Gasteiger partial charge in [-0.2, -0.15) is 0 Å². The predicted octanol–water partition coefficient (Wildman–Crippen LogP) is 3.25. The normalized spacial score (nSPS) is 11.6. The van der Waals surface area contributed by atoms with Crippen LogP contribution in [0.5, 0.6) is 5.75 Å². The Morgan fingerprint density at radius 2 is 1.85 bits per heavy atom. The third-order valence-corrected chi connectivity index (χ3v) is 4.10. The molecule has 2 aromatic rings. The largest absolute Gasteiger partial charge is 0.482 e. The average Bonchev–Trinajstić information content (AvgIpc) is 2.95. The number of hydrogen-bond acceptors (Lipinski definition) is 6. The summed E-state index contributed by atoms with van der Waals surface area (Å²) in [4.78, 5) is 39.4. The molecule has 27 heavy (non-hydrogen) atoms. The summed E-state index contributed by atoms with van der Waals surface area (Å²) in [5, 5.41) is 0. The number of methoxy groups -OCH3 is 1. The molecule has 1 aromatic carbocycles. The van der Waals surface area contributed by atoms with Crippen LogP contribution >= 0.6 is 0 Å². The number of nitrogens with one attached hydrogen (secondary N) is 1. The van der Waals surface area contributed by atoms with Crippen molar-refractivity contribution in [1.82, 2.24) is 4.98 Å². The number of aromatic amines is 1. The molecular weight excluding hydrogens is 350 g/mol. The molecule has 0 fully saturated rings. The third kappa shape index (κ3) is 4.36. The van der Waals surface area contributed by atoms with Gasteiger partial charge in [0.2, 0.25) is 5.78 Å². The van der Waals surface area contributed by atoms with E-state index in [1.807, 2.05) is 0 Å². The number of hydrogen-bond donors (Lipinski definition) is 1. The molecule has 7 nitrogen and oxygen atoms in total. The molecule has 0 saturated carbocycles. The fourth-order valence-corrected chi connectivity index (χ4v) is 2.78. The van der Waals surface area contributed by atoms with Crippen molar-refractivity contribution in [2.45, 2.75) is 33.8 Å². The Hall–Kier alpha value is -3.09. The van der Waals surface area contributed by atoms with Gasteiger partial charge in [-0.05, 0) is 51.5 Å². The lowest BCUT2D eigenvalue weighted by atomic mass is 10.1. The van der Waals surface area contributed by atoms with Gasteiger partial charge in [-0.15, -0.1) is 0 Å². The van der Waals surface area contributed by atoms with Gasteiger partial charge in [-0.25, -0.2) is 9.59 Å². The molecular formula is C20H23NO6. The molecule has 0 aliphatic heterocycles. The van der Waals surface area contributed by atoms with Crippen molar-refractivity contribution >= 4 is 17.7 Å². The number of aryl methyl sites for hydroxylation is 1. The van der Waals surface area contributed by atoms with E-state index in [1.165, 1.54) is 13.2 Å². The highest BCUT2D eigenvalue weighted by Gasteiger charge is 2.26. The van der Waals surface area contributed by atoms with Crippen molar-refractivity contribution in [3.8, 4) is 5.75 Å². The van der Waals surface area contributed by atoms with Gasteiger partial charge in [0.15, 0.2) is 6.10 Å². The third-order valence-electron chi connectivity index (χ3n) is 4.10. The van der Waals surface area contributed by atoms with Crippen molar-refractivity contribution in [3.05, 3.63) is 52.3 Å². The molecule has 0 unspecified atom stereocenters. The van der Waals surface area contributed by atoms with Crippen LogP contribution in [0.4, 0.5) is 0 Å². The van der Waals surface area contributed by atoms with E-state index in [0.717, 1.165) is 0 Å². The van der Waals surface area contributed by atoms with E-state index in [-0.39, 0.29) is 12.4 Å². The molecule has 1 atom stereocenters. The minimum absolute atomic E-state index is 0.271. The molecule has 1 N–H and O–H groups in total. The minimum atomic E-state index is -0.829. The molecule has 0 radical (unpaired) electrons. The molecule has 0 amide bonds. The first-order chi connectivity index (χ1) is 12.8. The molecule has 144 valence electrons. The number of ketones is 1. The highest BCUT2D eigenvalue weighted by Crippen LogP contribution is 2.22. The number of carbonyl (C=O) groups excluding carboxylic acids is 3. The highest BCUT2D eigenvalue weighted by atomic mass is 16.5. The maximum absolute atomic E-state index is 12.8. The topological polar surface area (TPSA) is 94.7 Å². The fraction of sp³-hybridized carbons (Fsp3) is 0.350. The molecule has 2 rings (SSSR count). The summed E-state index contributed by atoms with van der Waals surface area (Å²) >= 11 is 0. The Morgan fingerprint density at radius 1 is 1.15 bits per heavy atom. The molecule has 0 saturated heterocycles. The van der Waals surface area contributed by atoms with Crippen molar-refractivity contribution in [1.29, 1.82) is 0 Å². The first-order valence-corrected chi connectivity index (χ1v) is 8.55. The summed E-state index contributed by atoms with van der Waals surface area (Å²) in [5.41, 5.74) is 2.05. The predicted molar refractivity (Wildman–Crippen MR) is 98.4 cm³/mol. The molecule has 7 heteroatoms. The van der Waals surface area contributed by atoms with Crippen LogP contribution in [0.2, 0.25) is 0 Å². The number of aromatic nitrogens is 1. The van der Waals surface area contributed by atoms with E-state index in [9.17, 15) is 14.4 Å². The van der Waals surface area contributed by atoms with Crippen LogP contribution in [-0.4, -0.2) is 42.5 Å². The Morgan fingerprint density at radius 3 is 2.48 bits per heavy atom. The van der Waals surface area contributed by atoms with E-state index in [4.69, 9.17) is 14.2 Å². The van der Waals surface area contributed by atoms with Gasteiger partial charge in [0.25, 0.3) is 0 Å². The molecule has 0 spiro atoms. The summed E-state index contributed by atoms with van der Waals surface area (Å²) in [7, 11) is 1.29. The lowest BCUT2D eigenvalue weighted by Crippen LogP contribution is -2.25. The van der Waals surface area contributed by atoms with E-state index < -0.39 is 18.0 Å². The Kier molecular flexibility index (Phi) is 6.39. The first-order valence-electron chi connectivity index (χ1n) is 8.55. The number of ether oxygens (including phenoxy) is 3. The molecule has 1 aromatic heterocycles. The zero-order valence-electron chi connectivity index (χ0n) is 16.0. The average molecular weight is 373 g/mol. The first kappa shape index (κ1) is 20.2. The minimum Gasteiger partial charge on any atom is -0.482 e. The van der Waals surface area contributed by atoms with E-state index >= 15 is 0 Å². The van der Waals surface area contributed by atoms with Crippen molar-refractivity contribution in [2.75, 3.05) is 13.7 Å². The van der Waals surface area contributed by atoms with Gasteiger partial charge in [0, 0.05) is 5.69 Å². The van der Waals surface area contributed by atoms with Gasteiger partial charge in [0.05, 0.1) is 30.5 Å². The summed E-state index contributed by atoms with van der Waals surface area (Å²) in [5.74, 6) is -0.903. The second-order valence-corrected chi connectivity index (χ2v) is 5.99. The number of benzene rings is 1. The van der Waals surface area contributed by atoms with Crippen LogP contribution in [0.15, 0.2) is 24.3 Å². The number of esters is 2. The number of H-pyrrole nitrogens is 1. The summed E-state index contributed by atoms with van der Waals surface area (Å²) in [6.07, 6.45) is -0.829. The maximum atomic E-state index is 12.8. The molecule has 1 heterocycles. The van der Waals surface area contributed by atoms with E-state index in [0.29, 0.717) is 33.8 Å². The summed E-state index contributed by atoms with van der Waals surface area (Å²) < 4.78 is 15.4. The smallest absolute Gasteiger partial charge is 0.339 e. The zero-order valence-corrected chi connectivity index (χ0v) is 16.0. The number of carbonyl (C=O) groups is 3. The van der Waals surface area contributed by atoms with Crippen LogP contribution in [0.3, 0.4) is 0 Å². The molecule has 0 aliphatic rings. The Bertz CT molecular complexity index is 867. The standard InChI is InChI=1S/C20H23NO6/c1-6-26-19(23)14-8-7-9-15(10-14)27-13(4)18(22)17-11(2)16(12(3)21-17)20(24)25-5/h7-10,13,21H,6H2,1-5H3/t13-/m0/s1. The second kappa shape index (κ2) is 8.53. The van der Waals surface area contributed by atoms with Gasteiger partial charge < -0.3 is 19.2 Å². The van der Waals surface area contributed by atoms with Crippen LogP contribution in [0.25, 0.3) is 0 Å². The van der Waals surface area contributed by atoms with E-state index in [2.05, 4.69) is 4.98 Å². The van der Waals surface area contributed by atoms with Gasteiger partial charge in [0.1, 0.15) is 5.75 Å². The van der Waals surface area contributed by atoms with Gasteiger partial charge in [-0.1, -0.05) is 6.07 Å². The monoisotopic (exact) mass is 373 g/mol. The SMILES string of the molecule is CCOC(=O)c1cccc(O[C@@H](C)C(=O)c2[nH]c(C)c(C(=O)OC)c2C)c1. The fourth-order valence-electron chi connectivity index (χ4n) is 2.78. The van der Waals surface area contributed by atoms with Crippen molar-refractivity contribution < 1.29 is 28.6 Å². The summed E-state index contributed by atoms with van der Waals surface area (Å²) in [6, 6.07) is 6.43. The lowest BCUT2D eigenvalue weighted by molar-refractivity contribution is 0.0524. The lowest BCUT2D eigenvalue weighted by Gasteiger charge is -2.14. The Labute approximate surface area is 157 Å². The molecule has 0 bridgehead atoms. The van der Waals surface area contributed by atoms with Crippen LogP contribution < -0.4 is 4.74 Å². The zero-order chi connectivity index (χ0) is 20.1. The second-order valence-electron chi connectivity index (χ2n) is 5.99. The van der Waals surface area contributed by atoms with Gasteiger partial charge in [-0.3, -0.25) is 4.79 Å². The van der Waals surface area contributed by atoms with E-state index in [1.54, 1.807) is 45.9 Å².